The van der Waals surface area contributed by atoms with Crippen molar-refractivity contribution in [3.05, 3.63) is 46.2 Å². The number of rotatable bonds is 4. The van der Waals surface area contributed by atoms with Crippen LogP contribution in [0, 0.1) is 5.92 Å². The molecule has 0 unspecified atom stereocenters. The molecular formula is C17H21N3O4S. The first kappa shape index (κ1) is 17.6. The molecule has 25 heavy (non-hydrogen) atoms. The quantitative estimate of drug-likeness (QED) is 0.840. The molecule has 0 radical (unpaired) electrons. The normalized spacial score (nSPS) is 16.8. The Morgan fingerprint density at radius 1 is 1.28 bits per heavy atom. The van der Waals surface area contributed by atoms with Crippen LogP contribution in [0.5, 0.6) is 0 Å². The van der Waals surface area contributed by atoms with Crippen molar-refractivity contribution in [3.8, 4) is 0 Å². The summed E-state index contributed by atoms with van der Waals surface area (Å²) < 4.78 is 24.4. The van der Waals surface area contributed by atoms with E-state index in [1.807, 2.05) is 24.3 Å². The molecule has 1 saturated heterocycles. The van der Waals surface area contributed by atoms with Gasteiger partial charge in [0.15, 0.2) is 0 Å². The SMILES string of the molecule is CS(=O)(=O)N1CCC(C(=O)NCc2cc3ccccc3[nH]c2=O)CC1. The largest absolute Gasteiger partial charge is 0.352 e. The van der Waals surface area contributed by atoms with Gasteiger partial charge in [-0.1, -0.05) is 18.2 Å². The van der Waals surface area contributed by atoms with Crippen LogP contribution in [0.25, 0.3) is 10.9 Å². The van der Waals surface area contributed by atoms with Crippen molar-refractivity contribution < 1.29 is 13.2 Å². The van der Waals surface area contributed by atoms with Gasteiger partial charge in [0.25, 0.3) is 5.56 Å². The lowest BCUT2D eigenvalue weighted by atomic mass is 9.97. The monoisotopic (exact) mass is 363 g/mol. The average molecular weight is 363 g/mol. The van der Waals surface area contributed by atoms with Gasteiger partial charge in [0, 0.05) is 36.6 Å². The summed E-state index contributed by atoms with van der Waals surface area (Å²) in [4.78, 5) is 27.2. The second-order valence-electron chi connectivity index (χ2n) is 6.37. The number of carbonyl (C=O) groups is 1. The Balaban J connectivity index is 1.62. The summed E-state index contributed by atoms with van der Waals surface area (Å²) in [6.07, 6.45) is 2.17. The number of aromatic amines is 1. The summed E-state index contributed by atoms with van der Waals surface area (Å²) in [6.45, 7) is 0.867. The summed E-state index contributed by atoms with van der Waals surface area (Å²) in [6, 6.07) is 9.24. The van der Waals surface area contributed by atoms with Crippen LogP contribution >= 0.6 is 0 Å². The molecule has 7 nitrogen and oxygen atoms in total. The number of benzene rings is 1. The van der Waals surface area contributed by atoms with Gasteiger partial charge in [-0.05, 0) is 30.4 Å². The number of H-pyrrole nitrogens is 1. The minimum atomic E-state index is -3.20. The van der Waals surface area contributed by atoms with E-state index in [0.29, 0.717) is 31.5 Å². The van der Waals surface area contributed by atoms with Crippen LogP contribution < -0.4 is 10.9 Å². The molecule has 1 amide bonds. The third kappa shape index (κ3) is 4.08. The highest BCUT2D eigenvalue weighted by Crippen LogP contribution is 2.19. The predicted molar refractivity (Wildman–Crippen MR) is 95.6 cm³/mol. The molecule has 1 aliphatic heterocycles. The first-order chi connectivity index (χ1) is 11.8. The molecule has 3 rings (SSSR count). The molecule has 1 aromatic carbocycles. The van der Waals surface area contributed by atoms with E-state index in [-0.39, 0.29) is 23.9 Å². The number of fused-ring (bicyclic) bond motifs is 1. The molecule has 8 heteroatoms. The Bertz CT molecular complexity index is 944. The standard InChI is InChI=1S/C17H21N3O4S/c1-25(23,24)20-8-6-12(7-9-20)16(21)18-11-14-10-13-4-2-3-5-15(13)19-17(14)22/h2-5,10,12H,6-9,11H2,1H3,(H,18,21)(H,19,22). The smallest absolute Gasteiger partial charge is 0.253 e. The first-order valence-corrected chi connectivity index (χ1v) is 10.0. The lowest BCUT2D eigenvalue weighted by molar-refractivity contribution is -0.126. The molecule has 2 aromatic rings. The maximum Gasteiger partial charge on any atom is 0.253 e. The Kier molecular flexibility index (Phi) is 4.91. The van der Waals surface area contributed by atoms with E-state index < -0.39 is 10.0 Å². The van der Waals surface area contributed by atoms with Crippen molar-refractivity contribution in [1.82, 2.24) is 14.6 Å². The number of hydrogen-bond donors (Lipinski definition) is 2. The molecule has 1 fully saturated rings. The van der Waals surface area contributed by atoms with E-state index in [1.165, 1.54) is 10.6 Å². The molecule has 1 aromatic heterocycles. The van der Waals surface area contributed by atoms with Gasteiger partial charge in [0.05, 0.1) is 6.26 Å². The first-order valence-electron chi connectivity index (χ1n) is 8.18. The highest BCUT2D eigenvalue weighted by Gasteiger charge is 2.28. The fourth-order valence-corrected chi connectivity index (χ4v) is 3.97. The zero-order chi connectivity index (χ0) is 18.0. The number of aromatic nitrogens is 1. The highest BCUT2D eigenvalue weighted by atomic mass is 32.2. The molecule has 134 valence electrons. The van der Waals surface area contributed by atoms with Crippen molar-refractivity contribution in [3.63, 3.8) is 0 Å². The van der Waals surface area contributed by atoms with Crippen LogP contribution in [0.4, 0.5) is 0 Å². The number of piperidine rings is 1. The van der Waals surface area contributed by atoms with Crippen LogP contribution in [0.1, 0.15) is 18.4 Å². The molecule has 0 aliphatic carbocycles. The Labute approximate surface area is 146 Å². The average Bonchev–Trinajstić information content (AvgIpc) is 2.59. The lowest BCUT2D eigenvalue weighted by Gasteiger charge is -2.29. The number of sulfonamides is 1. The number of carbonyl (C=O) groups excluding carboxylic acids is 1. The number of pyridine rings is 1. The summed E-state index contributed by atoms with van der Waals surface area (Å²) in [7, 11) is -3.20. The second-order valence-corrected chi connectivity index (χ2v) is 8.35. The number of nitrogens with zero attached hydrogens (tertiary/aromatic N) is 1. The van der Waals surface area contributed by atoms with Gasteiger partial charge in [-0.2, -0.15) is 0 Å². The van der Waals surface area contributed by atoms with Crippen molar-refractivity contribution in [2.45, 2.75) is 19.4 Å². The Morgan fingerprint density at radius 3 is 2.64 bits per heavy atom. The maximum absolute atomic E-state index is 12.3. The van der Waals surface area contributed by atoms with Gasteiger partial charge in [0.1, 0.15) is 0 Å². The topological polar surface area (TPSA) is 99.3 Å². The minimum absolute atomic E-state index is 0.138. The van der Waals surface area contributed by atoms with E-state index in [1.54, 1.807) is 6.07 Å². The minimum Gasteiger partial charge on any atom is -0.352 e. The van der Waals surface area contributed by atoms with Gasteiger partial charge >= 0.3 is 0 Å². The van der Waals surface area contributed by atoms with E-state index in [9.17, 15) is 18.0 Å². The third-order valence-electron chi connectivity index (χ3n) is 4.58. The summed E-state index contributed by atoms with van der Waals surface area (Å²) in [5.74, 6) is -0.363. The van der Waals surface area contributed by atoms with Crippen molar-refractivity contribution in [2.75, 3.05) is 19.3 Å². The number of hydrogen-bond acceptors (Lipinski definition) is 4. The zero-order valence-corrected chi connectivity index (χ0v) is 14.8. The van der Waals surface area contributed by atoms with Crippen LogP contribution in [-0.2, 0) is 21.4 Å². The van der Waals surface area contributed by atoms with Gasteiger partial charge in [-0.15, -0.1) is 0 Å². The van der Waals surface area contributed by atoms with E-state index in [4.69, 9.17) is 0 Å². The lowest BCUT2D eigenvalue weighted by Crippen LogP contribution is -2.42. The Hall–Kier alpha value is -2.19. The highest BCUT2D eigenvalue weighted by molar-refractivity contribution is 7.88. The molecule has 0 spiro atoms. The second kappa shape index (κ2) is 6.97. The Morgan fingerprint density at radius 2 is 1.96 bits per heavy atom. The molecule has 0 saturated carbocycles. The summed E-state index contributed by atoms with van der Waals surface area (Å²) in [5, 5.41) is 3.71. The van der Waals surface area contributed by atoms with E-state index >= 15 is 0 Å². The fourth-order valence-electron chi connectivity index (χ4n) is 3.10. The number of nitrogens with one attached hydrogen (secondary N) is 2. The van der Waals surface area contributed by atoms with E-state index in [0.717, 1.165) is 10.9 Å². The van der Waals surface area contributed by atoms with Gasteiger partial charge in [-0.3, -0.25) is 9.59 Å². The van der Waals surface area contributed by atoms with Gasteiger partial charge in [-0.25, -0.2) is 12.7 Å². The van der Waals surface area contributed by atoms with Crippen molar-refractivity contribution in [1.29, 1.82) is 0 Å². The predicted octanol–water partition coefficient (Wildman–Crippen LogP) is 0.816. The van der Waals surface area contributed by atoms with Crippen molar-refractivity contribution in [2.24, 2.45) is 5.92 Å². The van der Waals surface area contributed by atoms with Crippen LogP contribution in [0.2, 0.25) is 0 Å². The molecular weight excluding hydrogens is 342 g/mol. The van der Waals surface area contributed by atoms with Crippen LogP contribution in [0.3, 0.4) is 0 Å². The molecule has 0 bridgehead atoms. The van der Waals surface area contributed by atoms with Crippen molar-refractivity contribution >= 4 is 26.8 Å². The molecule has 2 heterocycles. The number of para-hydroxylation sites is 1. The van der Waals surface area contributed by atoms with Gasteiger partial charge in [0.2, 0.25) is 15.9 Å². The molecule has 2 N–H and O–H groups in total. The van der Waals surface area contributed by atoms with Crippen LogP contribution in [0.15, 0.2) is 35.1 Å². The fraction of sp³-hybridized carbons (Fsp3) is 0.412. The molecule has 0 atom stereocenters. The zero-order valence-electron chi connectivity index (χ0n) is 14.0. The van der Waals surface area contributed by atoms with Gasteiger partial charge < -0.3 is 10.3 Å². The third-order valence-corrected chi connectivity index (χ3v) is 5.88. The summed E-state index contributed by atoms with van der Waals surface area (Å²) in [5.41, 5.74) is 1.04. The molecule has 1 aliphatic rings. The number of amides is 1. The van der Waals surface area contributed by atoms with Crippen LogP contribution in [-0.4, -0.2) is 43.0 Å². The van der Waals surface area contributed by atoms with E-state index in [2.05, 4.69) is 10.3 Å². The maximum atomic E-state index is 12.3. The summed E-state index contributed by atoms with van der Waals surface area (Å²) >= 11 is 0.